The zero-order valence-electron chi connectivity index (χ0n) is 16.0. The van der Waals surface area contributed by atoms with E-state index in [0.717, 1.165) is 38.3 Å². The monoisotopic (exact) mass is 382 g/mol. The Hall–Kier alpha value is -2.38. The Morgan fingerprint density at radius 1 is 1.14 bits per heavy atom. The van der Waals surface area contributed by atoms with Crippen molar-refractivity contribution in [3.05, 3.63) is 57.9 Å². The number of rotatable bonds is 3. The van der Waals surface area contributed by atoms with Crippen molar-refractivity contribution in [2.24, 2.45) is 5.92 Å². The van der Waals surface area contributed by atoms with E-state index in [1.54, 1.807) is 12.1 Å². The van der Waals surface area contributed by atoms with Gasteiger partial charge in [-0.15, -0.1) is 0 Å². The third-order valence-corrected chi connectivity index (χ3v) is 6.37. The molecule has 2 atom stereocenters. The number of piperidine rings is 1. The molecule has 2 aromatic rings. The molecule has 2 aromatic heterocycles. The predicted molar refractivity (Wildman–Crippen MR) is 104 cm³/mol. The van der Waals surface area contributed by atoms with E-state index in [1.165, 1.54) is 18.4 Å². The summed E-state index contributed by atoms with van der Waals surface area (Å²) >= 11 is 0. The summed E-state index contributed by atoms with van der Waals surface area (Å²) in [5.74, 6) is 1.36. The molecule has 2 bridgehead atoms. The van der Waals surface area contributed by atoms with Crippen molar-refractivity contribution in [2.45, 2.75) is 25.4 Å². The average Bonchev–Trinajstić information content (AvgIpc) is 3.26. The van der Waals surface area contributed by atoms with Crippen molar-refractivity contribution >= 4 is 5.91 Å². The second-order valence-corrected chi connectivity index (χ2v) is 8.20. The first-order valence-electron chi connectivity index (χ1n) is 10.2. The summed E-state index contributed by atoms with van der Waals surface area (Å²) in [4.78, 5) is 29.6. The van der Waals surface area contributed by atoms with Crippen molar-refractivity contribution < 1.29 is 9.21 Å². The number of fused-ring (bicyclic) bond motifs is 4. The van der Waals surface area contributed by atoms with Crippen LogP contribution in [0.3, 0.4) is 0 Å². The first-order valence-corrected chi connectivity index (χ1v) is 10.2. The van der Waals surface area contributed by atoms with E-state index in [-0.39, 0.29) is 11.5 Å². The number of hydrogen-bond acceptors (Lipinski definition) is 5. The Morgan fingerprint density at radius 3 is 2.79 bits per heavy atom. The SMILES string of the molecule is O=C(c1ccco1)N1CCN(Cc2ccc3n(c2=O)C[C@@H]2CNC[C@H]3C2)CC1. The summed E-state index contributed by atoms with van der Waals surface area (Å²) in [7, 11) is 0. The van der Waals surface area contributed by atoms with E-state index in [0.29, 0.717) is 37.2 Å². The van der Waals surface area contributed by atoms with Crippen molar-refractivity contribution in [3.63, 3.8) is 0 Å². The van der Waals surface area contributed by atoms with E-state index < -0.39 is 0 Å². The quantitative estimate of drug-likeness (QED) is 0.861. The van der Waals surface area contributed by atoms with Gasteiger partial charge in [0.1, 0.15) is 0 Å². The second kappa shape index (κ2) is 7.22. The molecular weight excluding hydrogens is 356 g/mol. The number of pyridine rings is 1. The van der Waals surface area contributed by atoms with Gasteiger partial charge in [0.05, 0.1) is 6.26 Å². The van der Waals surface area contributed by atoms with Crippen LogP contribution in [0.2, 0.25) is 0 Å². The van der Waals surface area contributed by atoms with E-state index in [1.807, 2.05) is 15.5 Å². The highest BCUT2D eigenvalue weighted by atomic mass is 16.3. The van der Waals surface area contributed by atoms with Crippen LogP contribution in [0, 0.1) is 5.92 Å². The van der Waals surface area contributed by atoms with Gasteiger partial charge in [-0.2, -0.15) is 0 Å². The maximum Gasteiger partial charge on any atom is 0.289 e. The fraction of sp³-hybridized carbons (Fsp3) is 0.524. The Bertz CT molecular complexity index is 912. The number of nitrogens with one attached hydrogen (secondary N) is 1. The number of carbonyl (C=O) groups is 1. The molecule has 3 aliphatic heterocycles. The van der Waals surface area contributed by atoms with Crippen molar-refractivity contribution in [1.82, 2.24) is 19.7 Å². The lowest BCUT2D eigenvalue weighted by molar-refractivity contribution is 0.0597. The number of piperazine rings is 1. The Kier molecular flexibility index (Phi) is 4.56. The minimum atomic E-state index is -0.0568. The molecule has 3 aliphatic rings. The molecule has 0 aliphatic carbocycles. The third kappa shape index (κ3) is 3.18. The average molecular weight is 382 g/mol. The van der Waals surface area contributed by atoms with Crippen molar-refractivity contribution in [2.75, 3.05) is 39.3 Å². The standard InChI is InChI=1S/C21H26N4O3/c26-20-16(3-4-18-17-10-15(11-22-12-17)13-25(18)20)14-23-5-7-24(8-6-23)21(27)19-2-1-9-28-19/h1-4,9,15,17,22H,5-8,10-14H2/t15-,17+/m0/s1. The van der Waals surface area contributed by atoms with Crippen LogP contribution in [0.25, 0.3) is 0 Å². The van der Waals surface area contributed by atoms with Gasteiger partial charge in [-0.05, 0) is 37.1 Å². The minimum absolute atomic E-state index is 0.0568. The molecule has 2 fully saturated rings. The van der Waals surface area contributed by atoms with Crippen molar-refractivity contribution in [1.29, 1.82) is 0 Å². The molecular formula is C21H26N4O3. The lowest BCUT2D eigenvalue weighted by Gasteiger charge is -2.38. The molecule has 0 aromatic carbocycles. The maximum absolute atomic E-state index is 13.1. The summed E-state index contributed by atoms with van der Waals surface area (Å²) in [5, 5.41) is 3.49. The summed E-state index contributed by atoms with van der Waals surface area (Å²) in [5.41, 5.74) is 2.22. The van der Waals surface area contributed by atoms with Gasteiger partial charge in [-0.1, -0.05) is 6.07 Å². The molecule has 0 spiro atoms. The van der Waals surface area contributed by atoms with Gasteiger partial charge >= 0.3 is 0 Å². The smallest absolute Gasteiger partial charge is 0.289 e. The number of amides is 1. The van der Waals surface area contributed by atoms with E-state index >= 15 is 0 Å². The molecule has 148 valence electrons. The molecule has 7 nitrogen and oxygen atoms in total. The van der Waals surface area contributed by atoms with Gasteiger partial charge in [0.2, 0.25) is 0 Å². The van der Waals surface area contributed by atoms with E-state index in [4.69, 9.17) is 4.42 Å². The molecule has 7 heteroatoms. The Balaban J connectivity index is 1.26. The molecule has 28 heavy (non-hydrogen) atoms. The fourth-order valence-corrected chi connectivity index (χ4v) is 4.86. The van der Waals surface area contributed by atoms with E-state index in [2.05, 4.69) is 16.3 Å². The molecule has 0 radical (unpaired) electrons. The van der Waals surface area contributed by atoms with Gasteiger partial charge in [0, 0.05) is 63.0 Å². The van der Waals surface area contributed by atoms with Crippen LogP contribution in [-0.2, 0) is 13.1 Å². The van der Waals surface area contributed by atoms with Gasteiger partial charge in [-0.3, -0.25) is 14.5 Å². The number of furan rings is 1. The molecule has 5 rings (SSSR count). The van der Waals surface area contributed by atoms with Crippen LogP contribution >= 0.6 is 0 Å². The zero-order chi connectivity index (χ0) is 19.1. The topological polar surface area (TPSA) is 70.7 Å². The zero-order valence-corrected chi connectivity index (χ0v) is 16.0. The number of carbonyl (C=O) groups excluding carboxylic acids is 1. The first-order chi connectivity index (χ1) is 13.7. The molecule has 0 unspecified atom stereocenters. The first kappa shape index (κ1) is 17.7. The highest BCUT2D eigenvalue weighted by Crippen LogP contribution is 2.31. The molecule has 2 saturated heterocycles. The number of hydrogen-bond donors (Lipinski definition) is 1. The molecule has 0 saturated carbocycles. The summed E-state index contributed by atoms with van der Waals surface area (Å²) in [6.07, 6.45) is 2.72. The van der Waals surface area contributed by atoms with Gasteiger partial charge in [0.15, 0.2) is 5.76 Å². The maximum atomic E-state index is 13.1. The number of nitrogens with zero attached hydrogens (tertiary/aromatic N) is 3. The van der Waals surface area contributed by atoms with E-state index in [9.17, 15) is 9.59 Å². The Labute approximate surface area is 163 Å². The van der Waals surface area contributed by atoms with Gasteiger partial charge < -0.3 is 19.2 Å². The molecule has 5 heterocycles. The summed E-state index contributed by atoms with van der Waals surface area (Å²) in [6.45, 7) is 6.31. The van der Waals surface area contributed by atoms with Crippen LogP contribution in [0.4, 0.5) is 0 Å². The van der Waals surface area contributed by atoms with Gasteiger partial charge in [-0.25, -0.2) is 0 Å². The highest BCUT2D eigenvalue weighted by molar-refractivity contribution is 5.91. The normalized spacial score (nSPS) is 24.8. The highest BCUT2D eigenvalue weighted by Gasteiger charge is 2.31. The molecule has 1 N–H and O–H groups in total. The lowest BCUT2D eigenvalue weighted by Crippen LogP contribution is -2.49. The number of aromatic nitrogens is 1. The second-order valence-electron chi connectivity index (χ2n) is 8.20. The summed E-state index contributed by atoms with van der Waals surface area (Å²) in [6, 6.07) is 7.61. The van der Waals surface area contributed by atoms with Crippen LogP contribution < -0.4 is 10.9 Å². The van der Waals surface area contributed by atoms with Crippen LogP contribution in [-0.4, -0.2) is 59.5 Å². The van der Waals surface area contributed by atoms with Crippen LogP contribution in [0.15, 0.2) is 39.7 Å². The van der Waals surface area contributed by atoms with Crippen LogP contribution in [0.5, 0.6) is 0 Å². The molecule has 1 amide bonds. The van der Waals surface area contributed by atoms with Crippen molar-refractivity contribution in [3.8, 4) is 0 Å². The largest absolute Gasteiger partial charge is 0.459 e. The van der Waals surface area contributed by atoms with Crippen LogP contribution in [0.1, 0.15) is 34.2 Å². The van der Waals surface area contributed by atoms with Gasteiger partial charge in [0.25, 0.3) is 11.5 Å². The predicted octanol–water partition coefficient (Wildman–Crippen LogP) is 1.11. The lowest BCUT2D eigenvalue weighted by atomic mass is 9.84. The third-order valence-electron chi connectivity index (χ3n) is 6.37. The fourth-order valence-electron chi connectivity index (χ4n) is 4.86. The Morgan fingerprint density at radius 2 is 2.00 bits per heavy atom. The minimum Gasteiger partial charge on any atom is -0.459 e. The summed E-state index contributed by atoms with van der Waals surface area (Å²) < 4.78 is 7.24.